The number of rotatable bonds is 7. The minimum Gasteiger partial charge on any atom is -0.364 e. The highest BCUT2D eigenvalue weighted by Crippen LogP contribution is 2.23. The number of aromatic nitrogens is 2. The minimum atomic E-state index is -3.88. The molecule has 0 atom stereocenters. The molecule has 1 aromatic carbocycles. The number of nitrogens with one attached hydrogen (secondary N) is 3. The lowest BCUT2D eigenvalue weighted by Crippen LogP contribution is -2.34. The van der Waals surface area contributed by atoms with Crippen molar-refractivity contribution in [1.29, 1.82) is 0 Å². The average Bonchev–Trinajstić information content (AvgIpc) is 3.10. The first-order valence-electron chi connectivity index (χ1n) is 7.84. The Morgan fingerprint density at radius 1 is 1.48 bits per heavy atom. The summed E-state index contributed by atoms with van der Waals surface area (Å²) in [5.74, 6) is -1.59. The predicted molar refractivity (Wildman–Crippen MR) is 89.1 cm³/mol. The van der Waals surface area contributed by atoms with Gasteiger partial charge in [-0.05, 0) is 44.4 Å². The van der Waals surface area contributed by atoms with Crippen molar-refractivity contribution in [3.05, 3.63) is 34.1 Å². The van der Waals surface area contributed by atoms with Crippen LogP contribution in [0.2, 0.25) is 0 Å². The Morgan fingerprint density at radius 2 is 2.24 bits per heavy atom. The first-order chi connectivity index (χ1) is 13.1. The summed E-state index contributed by atoms with van der Waals surface area (Å²) in [4.78, 5) is 3.84. The van der Waals surface area contributed by atoms with Crippen LogP contribution in [0.5, 0.6) is 0 Å². The smallest absolute Gasteiger partial charge is 0.274 e. The van der Waals surface area contributed by atoms with E-state index in [1.165, 1.54) is 0 Å². The molecule has 2 rings (SSSR count). The third-order valence-electron chi connectivity index (χ3n) is 2.47. The van der Waals surface area contributed by atoms with E-state index >= 15 is 0 Å². The van der Waals surface area contributed by atoms with Gasteiger partial charge in [-0.1, -0.05) is 0 Å². The summed E-state index contributed by atoms with van der Waals surface area (Å²) in [6, 6.07) is -2.03. The fourth-order valence-corrected chi connectivity index (χ4v) is 2.17. The molecule has 6 N–H and O–H groups in total. The molecule has 2 aromatic rings. The van der Waals surface area contributed by atoms with Crippen LogP contribution in [0.25, 0.3) is 0 Å². The van der Waals surface area contributed by atoms with Crippen molar-refractivity contribution in [2.45, 2.75) is 0 Å². The fourth-order valence-electron chi connectivity index (χ4n) is 1.49. The molecule has 0 radical (unpaired) electrons. The molecular formula is C11H13BrFN7O4S. The third kappa shape index (κ3) is 5.71. The standard InChI is InChI=1S/C11H13BrFN7O4S/c12-7-5-6(1-2-8(7)13)17-11(18-21)9-10(20-24-19-9)15-3-4-16-25(14,22)23/h1-2,5,16,21H,3-4H2,(H,15,20)(H,17,18)(H2,14,22,23)/i1D,2D,5D. The van der Waals surface area contributed by atoms with Gasteiger partial charge >= 0.3 is 0 Å². The van der Waals surface area contributed by atoms with E-state index in [0.29, 0.717) is 0 Å². The van der Waals surface area contributed by atoms with Crippen LogP contribution >= 0.6 is 15.9 Å². The topological polar surface area (TPSA) is 168 Å². The number of nitrogens with zero attached hydrogens (tertiary/aromatic N) is 3. The number of hydrogen-bond acceptors (Lipinski definition) is 8. The van der Waals surface area contributed by atoms with Gasteiger partial charge in [0.15, 0.2) is 11.5 Å². The largest absolute Gasteiger partial charge is 0.364 e. The van der Waals surface area contributed by atoms with Gasteiger partial charge in [0, 0.05) is 13.1 Å². The summed E-state index contributed by atoms with van der Waals surface area (Å²) in [7, 11) is -3.88. The maximum atomic E-state index is 13.8. The Bertz CT molecular complexity index is 991. The first kappa shape index (κ1) is 15.2. The van der Waals surface area contributed by atoms with Gasteiger partial charge in [0.05, 0.1) is 14.3 Å². The molecule has 0 spiro atoms. The Hall–Kier alpha value is -2.13. The molecule has 0 fully saturated rings. The summed E-state index contributed by atoms with van der Waals surface area (Å²) in [5.41, 5.74) is 1.07. The van der Waals surface area contributed by atoms with Crippen LogP contribution in [0.4, 0.5) is 15.9 Å². The SMILES string of the molecule is [2H]c1c([2H])c(N=C(NO)c2nonc2NCCNS(N)(=O)=O)c([2H])c(Br)c1F. The van der Waals surface area contributed by atoms with E-state index < -0.39 is 45.7 Å². The summed E-state index contributed by atoms with van der Waals surface area (Å²) in [6.07, 6.45) is 0. The van der Waals surface area contributed by atoms with Crippen LogP contribution in [0.15, 0.2) is 32.2 Å². The van der Waals surface area contributed by atoms with E-state index in [2.05, 4.69) is 41.2 Å². The highest BCUT2D eigenvalue weighted by Gasteiger charge is 2.16. The average molecular weight is 441 g/mol. The van der Waals surface area contributed by atoms with Crippen molar-refractivity contribution < 1.29 is 26.8 Å². The number of anilines is 1. The van der Waals surface area contributed by atoms with E-state index in [9.17, 15) is 18.0 Å². The van der Waals surface area contributed by atoms with Crippen molar-refractivity contribution in [3.8, 4) is 0 Å². The molecule has 11 nitrogen and oxygen atoms in total. The number of hydrogen-bond donors (Lipinski definition) is 5. The number of nitrogens with two attached hydrogens (primary N) is 1. The van der Waals surface area contributed by atoms with Crippen LogP contribution in [0, 0.1) is 5.82 Å². The summed E-state index contributed by atoms with van der Waals surface area (Å²) >= 11 is 2.81. The number of amidine groups is 1. The Kier molecular flexibility index (Phi) is 5.03. The second-order valence-electron chi connectivity index (χ2n) is 4.25. The monoisotopic (exact) mass is 440 g/mol. The second kappa shape index (κ2) is 8.30. The van der Waals surface area contributed by atoms with Crippen LogP contribution in [-0.4, -0.2) is 42.9 Å². The maximum Gasteiger partial charge on any atom is 0.274 e. The van der Waals surface area contributed by atoms with Crippen molar-refractivity contribution in [1.82, 2.24) is 20.5 Å². The van der Waals surface area contributed by atoms with Crippen molar-refractivity contribution in [2.24, 2.45) is 10.1 Å². The molecule has 14 heteroatoms. The van der Waals surface area contributed by atoms with Gasteiger partial charge < -0.3 is 5.32 Å². The zero-order valence-electron chi connectivity index (χ0n) is 15.2. The molecule has 0 unspecified atom stereocenters. The lowest BCUT2D eigenvalue weighted by Gasteiger charge is -2.06. The van der Waals surface area contributed by atoms with E-state index in [0.717, 1.165) is 0 Å². The van der Waals surface area contributed by atoms with Gasteiger partial charge in [-0.15, -0.1) is 0 Å². The van der Waals surface area contributed by atoms with Crippen LogP contribution < -0.4 is 20.7 Å². The van der Waals surface area contributed by atoms with Crippen molar-refractivity contribution in [2.75, 3.05) is 18.4 Å². The normalized spacial score (nSPS) is 13.9. The maximum absolute atomic E-state index is 13.8. The number of benzene rings is 1. The van der Waals surface area contributed by atoms with Gasteiger partial charge in [-0.3, -0.25) is 10.7 Å². The zero-order chi connectivity index (χ0) is 21.1. The van der Waals surface area contributed by atoms with Gasteiger partial charge in [0.25, 0.3) is 10.2 Å². The molecule has 0 aliphatic rings. The van der Waals surface area contributed by atoms with Crippen LogP contribution in [0.3, 0.4) is 0 Å². The molecule has 0 saturated carbocycles. The van der Waals surface area contributed by atoms with Gasteiger partial charge in [0.2, 0.25) is 5.82 Å². The summed E-state index contributed by atoms with van der Waals surface area (Å²) in [6.45, 7) is -0.103. The molecule has 136 valence electrons. The zero-order valence-corrected chi connectivity index (χ0v) is 14.6. The molecule has 0 aliphatic heterocycles. The quantitative estimate of drug-likeness (QED) is 0.176. The fraction of sp³-hybridized carbons (Fsp3) is 0.182. The van der Waals surface area contributed by atoms with Crippen molar-refractivity contribution >= 4 is 43.5 Å². The van der Waals surface area contributed by atoms with Gasteiger partial charge in [0.1, 0.15) is 5.82 Å². The van der Waals surface area contributed by atoms with Crippen LogP contribution in [-0.2, 0) is 10.2 Å². The highest BCUT2D eigenvalue weighted by molar-refractivity contribution is 9.10. The molecule has 0 saturated heterocycles. The summed E-state index contributed by atoms with van der Waals surface area (Å²) < 4.78 is 64.7. The highest BCUT2D eigenvalue weighted by atomic mass is 79.9. The van der Waals surface area contributed by atoms with E-state index in [1.807, 2.05) is 4.72 Å². The molecule has 0 aliphatic carbocycles. The van der Waals surface area contributed by atoms with E-state index in [1.54, 1.807) is 5.48 Å². The van der Waals surface area contributed by atoms with E-state index in [-0.39, 0.29) is 29.1 Å². The minimum absolute atomic E-state index is 0.00268. The lowest BCUT2D eigenvalue weighted by atomic mass is 10.3. The Morgan fingerprint density at radius 3 is 2.92 bits per heavy atom. The molecule has 0 amide bonds. The first-order valence-corrected chi connectivity index (χ1v) is 8.68. The van der Waals surface area contributed by atoms with Crippen molar-refractivity contribution in [3.63, 3.8) is 0 Å². The summed E-state index contributed by atoms with van der Waals surface area (Å²) in [5, 5.41) is 23.8. The number of halogens is 2. The lowest BCUT2D eigenvalue weighted by molar-refractivity contribution is 0.234. The molecule has 0 bridgehead atoms. The van der Waals surface area contributed by atoms with Gasteiger partial charge in [-0.2, -0.15) is 8.42 Å². The molecule has 25 heavy (non-hydrogen) atoms. The number of aliphatic imine (C=N–C) groups is 1. The van der Waals surface area contributed by atoms with Gasteiger partial charge in [-0.25, -0.2) is 23.9 Å². The second-order valence-corrected chi connectivity index (χ2v) is 6.42. The molecular weight excluding hydrogens is 425 g/mol. The molecule has 1 aromatic heterocycles. The predicted octanol–water partition coefficient (Wildman–Crippen LogP) is 0.233. The molecule has 1 heterocycles. The number of hydroxylamine groups is 1. The Labute approximate surface area is 153 Å². The van der Waals surface area contributed by atoms with Crippen LogP contribution in [0.1, 0.15) is 9.81 Å². The third-order valence-corrected chi connectivity index (χ3v) is 3.63. The van der Waals surface area contributed by atoms with E-state index in [4.69, 9.17) is 9.25 Å². The Balaban J connectivity index is 2.34.